The Hall–Kier alpha value is -1.95. The fraction of sp³-hybridized carbons (Fsp3) is 0.526. The molecule has 1 saturated heterocycles. The lowest BCUT2D eigenvalue weighted by molar-refractivity contribution is -0.140. The molecule has 1 saturated carbocycles. The first-order chi connectivity index (χ1) is 12.1. The van der Waals surface area contributed by atoms with Crippen LogP contribution in [0, 0.1) is 11.8 Å². The zero-order valence-electron chi connectivity index (χ0n) is 14.4. The highest BCUT2D eigenvalue weighted by Crippen LogP contribution is 2.38. The van der Waals surface area contributed by atoms with Gasteiger partial charge >= 0.3 is 0 Å². The van der Waals surface area contributed by atoms with Gasteiger partial charge in [-0.3, -0.25) is 19.3 Å². The van der Waals surface area contributed by atoms with Crippen LogP contribution in [0.15, 0.2) is 30.2 Å². The summed E-state index contributed by atoms with van der Waals surface area (Å²) in [6.07, 6.45) is 5.52. The molecule has 0 spiro atoms. The lowest BCUT2D eigenvalue weighted by Gasteiger charge is -2.22. The maximum atomic E-state index is 12.6. The van der Waals surface area contributed by atoms with Crippen molar-refractivity contribution in [3.05, 3.63) is 35.0 Å². The van der Waals surface area contributed by atoms with Gasteiger partial charge in [-0.25, -0.2) is 0 Å². The largest absolute Gasteiger partial charge is 0.334 e. The second kappa shape index (κ2) is 7.95. The van der Waals surface area contributed by atoms with Gasteiger partial charge < -0.3 is 4.90 Å². The molecule has 0 N–H and O–H groups in total. The summed E-state index contributed by atoms with van der Waals surface area (Å²) in [6.45, 7) is 4.91. The number of hydrogen-bond donors (Lipinski definition) is 0. The smallest absolute Gasteiger partial charge is 0.233 e. The highest BCUT2D eigenvalue weighted by Gasteiger charge is 2.47. The summed E-state index contributed by atoms with van der Waals surface area (Å²) in [5.41, 5.74) is 0. The molecule has 2 heterocycles. The van der Waals surface area contributed by atoms with E-state index in [2.05, 4.69) is 6.58 Å². The van der Waals surface area contributed by atoms with Crippen LogP contribution in [0.4, 0.5) is 0 Å². The first kappa shape index (κ1) is 17.9. The number of likely N-dealkylation sites (tertiary alicyclic amines) is 1. The van der Waals surface area contributed by atoms with Gasteiger partial charge in [0, 0.05) is 24.4 Å². The van der Waals surface area contributed by atoms with E-state index >= 15 is 0 Å². The van der Waals surface area contributed by atoms with Gasteiger partial charge in [-0.15, -0.1) is 17.9 Å². The maximum absolute atomic E-state index is 12.6. The molecule has 25 heavy (non-hydrogen) atoms. The molecular formula is C19H24N2O3S. The van der Waals surface area contributed by atoms with Crippen molar-refractivity contribution in [1.82, 2.24) is 9.80 Å². The summed E-state index contributed by atoms with van der Waals surface area (Å²) in [6, 6.07) is 3.95. The van der Waals surface area contributed by atoms with Gasteiger partial charge in [0.15, 0.2) is 0 Å². The average Bonchev–Trinajstić information content (AvgIpc) is 3.21. The molecule has 2 atom stereocenters. The Kier molecular flexibility index (Phi) is 5.68. The summed E-state index contributed by atoms with van der Waals surface area (Å²) >= 11 is 1.61. The number of rotatable bonds is 7. The van der Waals surface area contributed by atoms with E-state index in [9.17, 15) is 14.4 Å². The molecule has 1 aliphatic carbocycles. The average molecular weight is 360 g/mol. The van der Waals surface area contributed by atoms with Crippen LogP contribution in [0.1, 0.15) is 37.0 Å². The van der Waals surface area contributed by atoms with Crippen LogP contribution in [0.2, 0.25) is 0 Å². The molecule has 2 aliphatic rings. The van der Waals surface area contributed by atoms with E-state index in [-0.39, 0.29) is 42.5 Å². The second-order valence-electron chi connectivity index (χ2n) is 6.72. The third-order valence-corrected chi connectivity index (χ3v) is 5.97. The number of carbonyl (C=O) groups is 3. The van der Waals surface area contributed by atoms with E-state index in [1.54, 1.807) is 22.3 Å². The molecule has 0 radical (unpaired) electrons. The van der Waals surface area contributed by atoms with Crippen molar-refractivity contribution in [1.29, 1.82) is 0 Å². The lowest BCUT2D eigenvalue weighted by atomic mass is 9.81. The van der Waals surface area contributed by atoms with E-state index < -0.39 is 0 Å². The molecule has 1 aliphatic heterocycles. The fourth-order valence-corrected chi connectivity index (χ4v) is 4.54. The van der Waals surface area contributed by atoms with Crippen molar-refractivity contribution < 1.29 is 14.4 Å². The number of imide groups is 1. The summed E-state index contributed by atoms with van der Waals surface area (Å²) in [5, 5.41) is 1.98. The van der Waals surface area contributed by atoms with Gasteiger partial charge in [-0.05, 0) is 24.3 Å². The van der Waals surface area contributed by atoms with Gasteiger partial charge in [0.1, 0.15) is 0 Å². The quantitative estimate of drug-likeness (QED) is 0.555. The monoisotopic (exact) mass is 360 g/mol. The Morgan fingerprint density at radius 3 is 2.52 bits per heavy atom. The molecule has 2 fully saturated rings. The minimum absolute atomic E-state index is 0.0521. The Balaban J connectivity index is 1.59. The summed E-state index contributed by atoms with van der Waals surface area (Å²) in [7, 11) is 0. The number of thiophene rings is 1. The van der Waals surface area contributed by atoms with E-state index in [1.807, 2.05) is 17.5 Å². The molecule has 5 nitrogen and oxygen atoms in total. The number of amides is 3. The van der Waals surface area contributed by atoms with E-state index in [0.29, 0.717) is 13.1 Å². The molecular weight excluding hydrogens is 336 g/mol. The molecule has 0 aromatic carbocycles. The summed E-state index contributed by atoms with van der Waals surface area (Å²) < 4.78 is 0. The molecule has 1 aromatic rings. The van der Waals surface area contributed by atoms with Crippen molar-refractivity contribution in [2.24, 2.45) is 11.8 Å². The van der Waals surface area contributed by atoms with Crippen LogP contribution in [0.3, 0.4) is 0 Å². The van der Waals surface area contributed by atoms with Gasteiger partial charge in [0.2, 0.25) is 17.7 Å². The Bertz CT molecular complexity index is 632. The van der Waals surface area contributed by atoms with Crippen molar-refractivity contribution in [3.63, 3.8) is 0 Å². The Morgan fingerprint density at radius 2 is 1.96 bits per heavy atom. The second-order valence-corrected chi connectivity index (χ2v) is 7.75. The normalized spacial score (nSPS) is 22.8. The van der Waals surface area contributed by atoms with Crippen LogP contribution in [0.25, 0.3) is 0 Å². The minimum Gasteiger partial charge on any atom is -0.334 e. The van der Waals surface area contributed by atoms with Crippen LogP contribution in [-0.2, 0) is 20.9 Å². The molecule has 134 valence electrons. The third-order valence-electron chi connectivity index (χ3n) is 5.11. The van der Waals surface area contributed by atoms with Crippen molar-refractivity contribution in [2.75, 3.05) is 13.1 Å². The van der Waals surface area contributed by atoms with Gasteiger partial charge in [0.25, 0.3) is 0 Å². The van der Waals surface area contributed by atoms with Crippen LogP contribution >= 0.6 is 11.3 Å². The van der Waals surface area contributed by atoms with E-state index in [4.69, 9.17) is 0 Å². The third kappa shape index (κ3) is 3.84. The zero-order chi connectivity index (χ0) is 17.8. The standard InChI is InChI=1S/C19H24N2O3S/c1-2-10-20(13-14-6-5-12-25-14)17(22)9-11-21-18(23)15-7-3-4-8-16(15)19(21)24/h2,5-6,12,15-16H,1,3-4,7-11,13H2. The molecule has 3 rings (SSSR count). The van der Waals surface area contributed by atoms with Crippen molar-refractivity contribution >= 4 is 29.1 Å². The molecule has 1 aromatic heterocycles. The highest BCUT2D eigenvalue weighted by molar-refractivity contribution is 7.09. The number of hydrogen-bond acceptors (Lipinski definition) is 4. The molecule has 0 bridgehead atoms. The number of fused-ring (bicyclic) bond motifs is 1. The van der Waals surface area contributed by atoms with Gasteiger partial charge in [0.05, 0.1) is 18.4 Å². The topological polar surface area (TPSA) is 57.7 Å². The van der Waals surface area contributed by atoms with E-state index in [0.717, 1.165) is 30.6 Å². The highest BCUT2D eigenvalue weighted by atomic mass is 32.1. The lowest BCUT2D eigenvalue weighted by Crippen LogP contribution is -2.37. The summed E-state index contributed by atoms with van der Waals surface area (Å²) in [5.74, 6) is -0.491. The maximum Gasteiger partial charge on any atom is 0.233 e. The zero-order valence-corrected chi connectivity index (χ0v) is 15.2. The first-order valence-electron chi connectivity index (χ1n) is 8.88. The molecule has 3 amide bonds. The fourth-order valence-electron chi connectivity index (χ4n) is 3.82. The van der Waals surface area contributed by atoms with Gasteiger partial charge in [-0.2, -0.15) is 0 Å². The predicted octanol–water partition coefficient (Wildman–Crippen LogP) is 2.83. The van der Waals surface area contributed by atoms with E-state index in [1.165, 1.54) is 4.90 Å². The minimum atomic E-state index is -0.147. The van der Waals surface area contributed by atoms with Crippen LogP contribution in [0.5, 0.6) is 0 Å². The van der Waals surface area contributed by atoms with Crippen LogP contribution in [-0.4, -0.2) is 40.6 Å². The van der Waals surface area contributed by atoms with Crippen molar-refractivity contribution in [2.45, 2.75) is 38.6 Å². The molecule has 2 unspecified atom stereocenters. The van der Waals surface area contributed by atoms with Crippen LogP contribution < -0.4 is 0 Å². The first-order valence-corrected chi connectivity index (χ1v) is 9.76. The molecule has 6 heteroatoms. The number of nitrogens with zero attached hydrogens (tertiary/aromatic N) is 2. The van der Waals surface area contributed by atoms with Crippen molar-refractivity contribution in [3.8, 4) is 0 Å². The predicted molar refractivity (Wildman–Crippen MR) is 96.7 cm³/mol. The SMILES string of the molecule is C=CCN(Cc1cccs1)C(=O)CCN1C(=O)C2CCCCC2C1=O. The summed E-state index contributed by atoms with van der Waals surface area (Å²) in [4.78, 5) is 41.7. The Morgan fingerprint density at radius 1 is 1.28 bits per heavy atom. The number of carbonyl (C=O) groups excluding carboxylic acids is 3. The Labute approximate surface area is 152 Å². The van der Waals surface area contributed by atoms with Gasteiger partial charge in [-0.1, -0.05) is 25.0 Å².